The number of benzene rings is 6. The Kier molecular flexibility index (Phi) is 7.77. The maximum Gasteiger partial charge on any atom is 0.160 e. The van der Waals surface area contributed by atoms with Gasteiger partial charge in [-0.15, -0.1) is 0 Å². The number of fused-ring (bicyclic) bond motifs is 10. The molecule has 10 aromatic rings. The average Bonchev–Trinajstić information content (AvgIpc) is 3.26. The lowest BCUT2D eigenvalue weighted by atomic mass is 9.93. The van der Waals surface area contributed by atoms with E-state index in [0.717, 1.165) is 44.6 Å². The number of nitrogens with zero attached hydrogens (tertiary/aromatic N) is 4. The molecule has 3 aromatic heterocycles. The van der Waals surface area contributed by atoms with E-state index >= 15 is 0 Å². The van der Waals surface area contributed by atoms with E-state index in [9.17, 15) is 0 Å². The van der Waals surface area contributed by atoms with Crippen LogP contribution in [-0.2, 0) is 0 Å². The van der Waals surface area contributed by atoms with Crippen molar-refractivity contribution < 1.29 is 0 Å². The molecule has 0 radical (unpaired) electrons. The Labute approximate surface area is 312 Å². The predicted octanol–water partition coefficient (Wildman–Crippen LogP) is 12.8. The molecule has 0 unspecified atom stereocenters. The van der Waals surface area contributed by atoms with Gasteiger partial charge in [-0.2, -0.15) is 0 Å². The van der Waals surface area contributed by atoms with Crippen LogP contribution in [0, 0.1) is 0 Å². The van der Waals surface area contributed by atoms with Crippen LogP contribution in [0.1, 0.15) is 0 Å². The third-order valence-corrected chi connectivity index (χ3v) is 10.3. The molecular formula is C50H32N4. The topological polar surface area (TPSA) is 51.6 Å². The second kappa shape index (κ2) is 13.4. The second-order valence-electron chi connectivity index (χ2n) is 13.5. The lowest BCUT2D eigenvalue weighted by Crippen LogP contribution is -1.96. The van der Waals surface area contributed by atoms with Crippen molar-refractivity contribution in [2.24, 2.45) is 0 Å². The summed E-state index contributed by atoms with van der Waals surface area (Å²) in [7, 11) is 0. The minimum atomic E-state index is 0.656. The van der Waals surface area contributed by atoms with Gasteiger partial charge in [0.25, 0.3) is 0 Å². The molecule has 252 valence electrons. The average molecular weight is 689 g/mol. The normalized spacial score (nSPS) is 11.3. The van der Waals surface area contributed by atoms with Gasteiger partial charge >= 0.3 is 0 Å². The minimum absolute atomic E-state index is 0.656. The first kappa shape index (κ1) is 31.4. The fourth-order valence-corrected chi connectivity index (χ4v) is 7.72. The second-order valence-corrected chi connectivity index (χ2v) is 13.5. The SMILES string of the molecule is c1cncc(-c2cc(-c3ccc4c5ccccc5c5ccccc5c5ccccc5c5ccccc5c4c3)nc(-c3ccc(-c4ccncc4)cc3)n2)c1. The van der Waals surface area contributed by atoms with Crippen LogP contribution < -0.4 is 0 Å². The van der Waals surface area contributed by atoms with Crippen LogP contribution in [0.25, 0.3) is 98.9 Å². The molecule has 4 nitrogen and oxygen atoms in total. The maximum absolute atomic E-state index is 5.25. The van der Waals surface area contributed by atoms with Crippen LogP contribution in [-0.4, -0.2) is 19.9 Å². The van der Waals surface area contributed by atoms with E-state index in [4.69, 9.17) is 9.97 Å². The van der Waals surface area contributed by atoms with Gasteiger partial charge in [0.1, 0.15) is 0 Å². The quantitative estimate of drug-likeness (QED) is 0.185. The van der Waals surface area contributed by atoms with Gasteiger partial charge in [0.05, 0.1) is 11.4 Å². The Balaban J connectivity index is 1.28. The Morgan fingerprint density at radius 3 is 1.19 bits per heavy atom. The first-order chi connectivity index (χ1) is 26.8. The Morgan fingerprint density at radius 2 is 0.685 bits per heavy atom. The van der Waals surface area contributed by atoms with Crippen molar-refractivity contribution >= 4 is 53.9 Å². The number of aromatic nitrogens is 4. The van der Waals surface area contributed by atoms with E-state index in [1.165, 1.54) is 48.5 Å². The highest BCUT2D eigenvalue weighted by Crippen LogP contribution is 2.38. The van der Waals surface area contributed by atoms with E-state index in [1.807, 2.05) is 42.9 Å². The van der Waals surface area contributed by atoms with Gasteiger partial charge in [-0.1, -0.05) is 133 Å². The van der Waals surface area contributed by atoms with Crippen LogP contribution in [0.2, 0.25) is 0 Å². The van der Waals surface area contributed by atoms with Crippen LogP contribution >= 0.6 is 0 Å². The number of hydrogen-bond acceptors (Lipinski definition) is 4. The molecule has 0 atom stereocenters. The van der Waals surface area contributed by atoms with E-state index in [2.05, 4.69) is 156 Å². The summed E-state index contributed by atoms with van der Waals surface area (Å²) in [6.07, 6.45) is 7.28. The van der Waals surface area contributed by atoms with Crippen molar-refractivity contribution in [3.8, 4) is 45.0 Å². The van der Waals surface area contributed by atoms with E-state index < -0.39 is 0 Å². The lowest BCUT2D eigenvalue weighted by Gasteiger charge is -2.12. The van der Waals surface area contributed by atoms with Gasteiger partial charge in [0, 0.05) is 41.5 Å². The van der Waals surface area contributed by atoms with Gasteiger partial charge in [-0.3, -0.25) is 9.97 Å². The number of hydrogen-bond donors (Lipinski definition) is 0. The zero-order valence-electron chi connectivity index (χ0n) is 29.3. The summed E-state index contributed by atoms with van der Waals surface area (Å²) >= 11 is 0. The molecule has 54 heavy (non-hydrogen) atoms. The zero-order valence-corrected chi connectivity index (χ0v) is 29.3. The summed E-state index contributed by atoms with van der Waals surface area (Å²) in [4.78, 5) is 18.9. The van der Waals surface area contributed by atoms with Gasteiger partial charge in [0.2, 0.25) is 0 Å². The number of rotatable bonds is 4. The molecular weight excluding hydrogens is 657 g/mol. The van der Waals surface area contributed by atoms with E-state index in [1.54, 1.807) is 6.20 Å². The fraction of sp³-hybridized carbons (Fsp3) is 0. The molecule has 0 aliphatic rings. The van der Waals surface area contributed by atoms with Gasteiger partial charge in [0.15, 0.2) is 5.82 Å². The highest BCUT2D eigenvalue weighted by Gasteiger charge is 2.14. The van der Waals surface area contributed by atoms with Crippen molar-refractivity contribution in [3.63, 3.8) is 0 Å². The number of pyridine rings is 2. The lowest BCUT2D eigenvalue weighted by molar-refractivity contribution is 1.18. The molecule has 0 amide bonds. The Hall–Kier alpha value is -7.30. The predicted molar refractivity (Wildman–Crippen MR) is 225 cm³/mol. The summed E-state index contributed by atoms with van der Waals surface area (Å²) in [6, 6.07) is 60.4. The van der Waals surface area contributed by atoms with Crippen molar-refractivity contribution in [2.75, 3.05) is 0 Å². The molecule has 0 fully saturated rings. The van der Waals surface area contributed by atoms with Crippen LogP contribution in [0.5, 0.6) is 0 Å². The molecule has 0 aliphatic carbocycles. The summed E-state index contributed by atoms with van der Waals surface area (Å²) in [5.74, 6) is 0.656. The molecule has 4 heteroatoms. The van der Waals surface area contributed by atoms with Crippen molar-refractivity contribution in [1.29, 1.82) is 0 Å². The Bertz CT molecular complexity index is 3010. The van der Waals surface area contributed by atoms with Gasteiger partial charge < -0.3 is 0 Å². The Morgan fingerprint density at radius 1 is 0.259 bits per heavy atom. The summed E-state index contributed by atoms with van der Waals surface area (Å²) in [5.41, 5.74) is 6.77. The molecule has 0 saturated heterocycles. The molecule has 7 aromatic carbocycles. The summed E-state index contributed by atoms with van der Waals surface area (Å²) < 4.78 is 0. The van der Waals surface area contributed by atoms with E-state index in [0.29, 0.717) is 5.82 Å². The molecule has 0 spiro atoms. The molecule has 3 heterocycles. The smallest absolute Gasteiger partial charge is 0.160 e. The minimum Gasteiger partial charge on any atom is -0.265 e. The van der Waals surface area contributed by atoms with Crippen LogP contribution in [0.4, 0.5) is 0 Å². The van der Waals surface area contributed by atoms with Crippen molar-refractivity contribution in [1.82, 2.24) is 19.9 Å². The molecule has 10 rings (SSSR count). The first-order valence-electron chi connectivity index (χ1n) is 18.1. The summed E-state index contributed by atoms with van der Waals surface area (Å²) in [6.45, 7) is 0. The highest BCUT2D eigenvalue weighted by atomic mass is 14.9. The van der Waals surface area contributed by atoms with Gasteiger partial charge in [-0.25, -0.2) is 9.97 Å². The van der Waals surface area contributed by atoms with Gasteiger partial charge in [-0.05, 0) is 101 Å². The first-order valence-corrected chi connectivity index (χ1v) is 18.1. The maximum atomic E-state index is 5.25. The van der Waals surface area contributed by atoms with Crippen molar-refractivity contribution in [2.45, 2.75) is 0 Å². The van der Waals surface area contributed by atoms with Crippen molar-refractivity contribution in [3.05, 3.63) is 195 Å². The fourth-order valence-electron chi connectivity index (χ4n) is 7.72. The largest absolute Gasteiger partial charge is 0.265 e. The van der Waals surface area contributed by atoms with Crippen LogP contribution in [0.15, 0.2) is 195 Å². The summed E-state index contributed by atoms with van der Waals surface area (Å²) in [5, 5.41) is 11.9. The van der Waals surface area contributed by atoms with E-state index in [-0.39, 0.29) is 0 Å². The zero-order chi connectivity index (χ0) is 35.8. The third-order valence-electron chi connectivity index (χ3n) is 10.3. The molecule has 0 saturated carbocycles. The molecule has 0 N–H and O–H groups in total. The third kappa shape index (κ3) is 5.58. The monoisotopic (exact) mass is 688 g/mol. The molecule has 0 bridgehead atoms. The molecule has 0 aliphatic heterocycles. The standard InChI is InChI=1S/C50H32N4/c1-2-13-40-38(11-1)39-12-3-4-14-41(39)43-16-7-8-18-45(43)47-30-36(23-24-46(47)44-17-6-5-15-42(40)44)48-31-49(37-10-9-27-52-32-37)54-50(53-48)35-21-19-33(20-22-35)34-25-28-51-29-26-34/h1-32H. The van der Waals surface area contributed by atoms with Crippen LogP contribution in [0.3, 0.4) is 0 Å². The highest BCUT2D eigenvalue weighted by molar-refractivity contribution is 6.26.